The van der Waals surface area contributed by atoms with Crippen LogP contribution in [-0.4, -0.2) is 103 Å². The van der Waals surface area contributed by atoms with E-state index >= 15 is 4.39 Å². The Kier molecular flexibility index (Phi) is 15.0. The fourth-order valence-electron chi connectivity index (χ4n) is 5.67. The number of nitrogens with one attached hydrogen (secondary N) is 3. The van der Waals surface area contributed by atoms with Crippen LogP contribution in [0.2, 0.25) is 0 Å². The van der Waals surface area contributed by atoms with Gasteiger partial charge < -0.3 is 39.6 Å². The molecule has 2 aromatic carbocycles. The van der Waals surface area contributed by atoms with Crippen molar-refractivity contribution in [2.24, 2.45) is 0 Å². The van der Waals surface area contributed by atoms with Gasteiger partial charge in [-0.25, -0.2) is 27.6 Å². The average Bonchev–Trinajstić information content (AvgIpc) is 3.12. The van der Waals surface area contributed by atoms with Gasteiger partial charge in [-0.05, 0) is 76.9 Å². The lowest BCUT2D eigenvalue weighted by Gasteiger charge is -2.40. The second kappa shape index (κ2) is 19.3. The molecular formula is C39H45F6N5O9. The van der Waals surface area contributed by atoms with Gasteiger partial charge in [0.25, 0.3) is 0 Å². The van der Waals surface area contributed by atoms with Crippen LogP contribution in [0.3, 0.4) is 0 Å². The van der Waals surface area contributed by atoms with Crippen molar-refractivity contribution in [2.45, 2.75) is 83.0 Å². The van der Waals surface area contributed by atoms with Crippen LogP contribution < -0.4 is 20.7 Å². The Morgan fingerprint density at radius 1 is 0.847 bits per heavy atom. The summed E-state index contributed by atoms with van der Waals surface area (Å²) in [5, 5.41) is 7.22. The van der Waals surface area contributed by atoms with Gasteiger partial charge in [0.2, 0.25) is 5.91 Å². The summed E-state index contributed by atoms with van der Waals surface area (Å²) in [5.74, 6) is -4.76. The van der Waals surface area contributed by atoms with Crippen LogP contribution in [0.4, 0.5) is 46.4 Å². The van der Waals surface area contributed by atoms with E-state index in [0.29, 0.717) is 11.1 Å². The third-order valence-corrected chi connectivity index (χ3v) is 8.11. The van der Waals surface area contributed by atoms with E-state index < -0.39 is 102 Å². The number of alkyl carbamates (subject to hydrolysis) is 2. The molecule has 1 aliphatic heterocycles. The molecule has 14 nitrogen and oxygen atoms in total. The normalized spacial score (nSPS) is 16.5. The molecular weight excluding hydrogens is 796 g/mol. The van der Waals surface area contributed by atoms with Crippen molar-refractivity contribution in [3.63, 3.8) is 0 Å². The van der Waals surface area contributed by atoms with Gasteiger partial charge in [-0.15, -0.1) is 0 Å². The van der Waals surface area contributed by atoms with E-state index in [1.807, 2.05) is 0 Å². The number of alkyl halides is 3. The summed E-state index contributed by atoms with van der Waals surface area (Å²) in [5.41, 5.74) is -1.61. The van der Waals surface area contributed by atoms with Gasteiger partial charge >= 0.3 is 24.5 Å². The fourth-order valence-corrected chi connectivity index (χ4v) is 5.67. The molecule has 0 bridgehead atoms. The molecule has 4 amide bonds. The largest absolute Gasteiger partial charge is 0.485 e. The molecule has 1 aliphatic rings. The molecule has 3 N–H and O–H groups in total. The highest BCUT2D eigenvalue weighted by atomic mass is 19.4. The number of carbonyl (C=O) groups excluding carboxylic acids is 4. The monoisotopic (exact) mass is 841 g/mol. The van der Waals surface area contributed by atoms with Crippen LogP contribution in [0.25, 0.3) is 0 Å². The van der Waals surface area contributed by atoms with Gasteiger partial charge in [0.05, 0.1) is 31.6 Å². The van der Waals surface area contributed by atoms with E-state index in [2.05, 4.69) is 25.7 Å². The third kappa shape index (κ3) is 14.5. The second-order valence-electron chi connectivity index (χ2n) is 15.3. The summed E-state index contributed by atoms with van der Waals surface area (Å²) in [6, 6.07) is 7.58. The first kappa shape index (κ1) is 45.9. The summed E-state index contributed by atoms with van der Waals surface area (Å²) in [4.78, 5) is 57.5. The quantitative estimate of drug-likeness (QED) is 0.130. The first-order valence-corrected chi connectivity index (χ1v) is 18.1. The van der Waals surface area contributed by atoms with Gasteiger partial charge in [0, 0.05) is 12.5 Å². The van der Waals surface area contributed by atoms with E-state index in [0.717, 1.165) is 41.6 Å². The molecule has 0 aliphatic carbocycles. The number of hydrogen-bond acceptors (Lipinski definition) is 10. The average molecular weight is 842 g/mol. The standard InChI is InChI=1S/C39H45F6N5O9/c1-37(2,3)58-35(53)49-31(30(22-7-11-24(40)12-8-22)23-9-13-25(41)14-10-23)33(51)48-29-17-46-16-28(42)32(29)56-20-27-18-50(36(54)59-38(4,5)6)26(19-55-27)15-47-34(52)57-21-39(43,44)45/h7-14,16-17,26-27,30-31H,15,18-21H2,1-6H3,(H,47,52)(H,48,51)(H,49,53)/t26-,27+,31+/m1/s1. The maximum atomic E-state index is 15.4. The van der Waals surface area contributed by atoms with Gasteiger partial charge in [-0.3, -0.25) is 14.7 Å². The number of carbonyl (C=O) groups is 4. The van der Waals surface area contributed by atoms with E-state index in [1.54, 1.807) is 41.5 Å². The number of pyridine rings is 1. The Balaban J connectivity index is 1.58. The molecule has 1 aromatic heterocycles. The number of aromatic nitrogens is 1. The predicted octanol–water partition coefficient (Wildman–Crippen LogP) is 6.83. The Morgan fingerprint density at radius 3 is 1.97 bits per heavy atom. The molecule has 20 heteroatoms. The van der Waals surface area contributed by atoms with Crippen molar-refractivity contribution in [1.29, 1.82) is 0 Å². The zero-order valence-electron chi connectivity index (χ0n) is 33.0. The highest BCUT2D eigenvalue weighted by molar-refractivity contribution is 5.98. The molecule has 4 rings (SSSR count). The predicted molar refractivity (Wildman–Crippen MR) is 198 cm³/mol. The number of anilines is 1. The zero-order chi connectivity index (χ0) is 43.7. The zero-order valence-corrected chi connectivity index (χ0v) is 33.0. The molecule has 1 saturated heterocycles. The maximum Gasteiger partial charge on any atom is 0.422 e. The highest BCUT2D eigenvalue weighted by Crippen LogP contribution is 2.33. The number of amides is 4. The van der Waals surface area contributed by atoms with Crippen molar-refractivity contribution < 1.29 is 69.2 Å². The van der Waals surface area contributed by atoms with Crippen LogP contribution in [0.1, 0.15) is 58.6 Å². The van der Waals surface area contributed by atoms with Crippen LogP contribution in [0, 0.1) is 17.5 Å². The Labute approximate surface area is 335 Å². The number of halogens is 6. The molecule has 0 saturated carbocycles. The van der Waals surface area contributed by atoms with Crippen molar-refractivity contribution in [1.82, 2.24) is 20.5 Å². The van der Waals surface area contributed by atoms with Gasteiger partial charge in [0.1, 0.15) is 47.3 Å². The van der Waals surface area contributed by atoms with Gasteiger partial charge in [-0.2, -0.15) is 13.2 Å². The van der Waals surface area contributed by atoms with Crippen molar-refractivity contribution >= 4 is 29.9 Å². The molecule has 3 aromatic rings. The fraction of sp³-hybridized carbons (Fsp3) is 0.462. The lowest BCUT2D eigenvalue weighted by Crippen LogP contribution is -2.58. The number of hydrogen-bond donors (Lipinski definition) is 3. The first-order chi connectivity index (χ1) is 27.5. The molecule has 0 radical (unpaired) electrons. The number of morpholine rings is 1. The van der Waals surface area contributed by atoms with Crippen LogP contribution in [0.5, 0.6) is 5.75 Å². The third-order valence-electron chi connectivity index (χ3n) is 8.11. The molecule has 0 unspecified atom stereocenters. The van der Waals surface area contributed by atoms with E-state index in [1.165, 1.54) is 24.3 Å². The number of ether oxygens (including phenoxy) is 5. The minimum absolute atomic E-state index is 0.258. The molecule has 0 spiro atoms. The number of benzene rings is 2. The van der Waals surface area contributed by atoms with Crippen LogP contribution in [-0.2, 0) is 23.7 Å². The SMILES string of the molecule is CC(C)(C)OC(=O)N[C@H](C(=O)Nc1cncc(F)c1OC[C@@H]1CN(C(=O)OC(C)(C)C)[C@H](CNC(=O)OCC(F)(F)F)CO1)C(c1ccc(F)cc1)c1ccc(F)cc1. The topological polar surface area (TPSA) is 167 Å². The Hall–Kier alpha value is -5.79. The Morgan fingerprint density at radius 2 is 1.42 bits per heavy atom. The van der Waals surface area contributed by atoms with Crippen molar-refractivity contribution in [3.05, 3.63) is 89.5 Å². The molecule has 3 atom stereocenters. The maximum absolute atomic E-state index is 15.4. The summed E-state index contributed by atoms with van der Waals surface area (Å²) in [7, 11) is 0. The molecule has 1 fully saturated rings. The van der Waals surface area contributed by atoms with Gasteiger partial charge in [-0.1, -0.05) is 24.3 Å². The van der Waals surface area contributed by atoms with Crippen LogP contribution in [0.15, 0.2) is 60.9 Å². The molecule has 2 heterocycles. The number of nitrogens with zero attached hydrogens (tertiary/aromatic N) is 2. The second-order valence-corrected chi connectivity index (χ2v) is 15.3. The van der Waals surface area contributed by atoms with Crippen molar-refractivity contribution in [3.8, 4) is 5.75 Å². The lowest BCUT2D eigenvalue weighted by atomic mass is 9.84. The first-order valence-electron chi connectivity index (χ1n) is 18.1. The summed E-state index contributed by atoms with van der Waals surface area (Å²) in [6.45, 7) is 6.42. The van der Waals surface area contributed by atoms with Gasteiger partial charge in [0.15, 0.2) is 18.2 Å². The van der Waals surface area contributed by atoms with Crippen molar-refractivity contribution in [2.75, 3.05) is 38.2 Å². The van der Waals surface area contributed by atoms with E-state index in [-0.39, 0.29) is 25.4 Å². The molecule has 322 valence electrons. The number of rotatable bonds is 12. The van der Waals surface area contributed by atoms with Crippen LogP contribution >= 0.6 is 0 Å². The summed E-state index contributed by atoms with van der Waals surface area (Å²) >= 11 is 0. The lowest BCUT2D eigenvalue weighted by molar-refractivity contribution is -0.160. The Bertz CT molecular complexity index is 1880. The smallest absolute Gasteiger partial charge is 0.422 e. The summed E-state index contributed by atoms with van der Waals surface area (Å²) < 4.78 is 108. The highest BCUT2D eigenvalue weighted by Gasteiger charge is 2.38. The minimum atomic E-state index is -4.76. The minimum Gasteiger partial charge on any atom is -0.485 e. The van der Waals surface area contributed by atoms with E-state index in [4.69, 9.17) is 18.9 Å². The van der Waals surface area contributed by atoms with E-state index in [9.17, 15) is 41.1 Å². The summed E-state index contributed by atoms with van der Waals surface area (Å²) in [6.07, 6.45) is -7.12. The molecule has 59 heavy (non-hydrogen) atoms.